The van der Waals surface area contributed by atoms with Crippen molar-refractivity contribution in [2.24, 2.45) is 11.8 Å². The standard InChI is InChI=1S/C20H30O5/c1-6-17-15(4)11-14(3)10-13(2)8-7-9-20(24,12-21)18(22)16(5)19(23)25-17/h7-8,11,13,16-17,21,24H,3,6,9-10,12H2,1-2,4-5H3/b8-7+,15-11+/t13-,16-,17+,20+/m1/s1. The van der Waals surface area contributed by atoms with E-state index in [-0.39, 0.29) is 12.3 Å². The van der Waals surface area contributed by atoms with E-state index in [0.717, 1.165) is 11.1 Å². The number of ether oxygens (including phenoxy) is 1. The first kappa shape index (κ1) is 21.3. The Balaban J connectivity index is 3.23. The number of cyclic esters (lactones) is 1. The first-order valence-corrected chi connectivity index (χ1v) is 8.75. The average molecular weight is 350 g/mol. The van der Waals surface area contributed by atoms with E-state index in [1.807, 2.05) is 32.9 Å². The van der Waals surface area contributed by atoms with Gasteiger partial charge in [-0.2, -0.15) is 0 Å². The van der Waals surface area contributed by atoms with Crippen molar-refractivity contribution >= 4 is 11.8 Å². The molecule has 0 aromatic heterocycles. The van der Waals surface area contributed by atoms with E-state index in [2.05, 4.69) is 6.58 Å². The van der Waals surface area contributed by atoms with Gasteiger partial charge in [0.2, 0.25) is 0 Å². The first-order valence-electron chi connectivity index (χ1n) is 8.75. The lowest BCUT2D eigenvalue weighted by atomic mass is 9.86. The van der Waals surface area contributed by atoms with Crippen LogP contribution in [0.25, 0.3) is 0 Å². The van der Waals surface area contributed by atoms with Crippen LogP contribution < -0.4 is 0 Å². The zero-order chi connectivity index (χ0) is 19.2. The zero-order valence-corrected chi connectivity index (χ0v) is 15.6. The number of allylic oxidation sites excluding steroid dienone is 3. The van der Waals surface area contributed by atoms with Gasteiger partial charge in [0.25, 0.3) is 0 Å². The second kappa shape index (κ2) is 9.11. The number of carbonyl (C=O) groups is 2. The number of aliphatic hydroxyl groups excluding tert-OH is 1. The van der Waals surface area contributed by atoms with E-state index < -0.39 is 36.0 Å². The molecule has 0 fully saturated rings. The van der Waals surface area contributed by atoms with Gasteiger partial charge in [-0.3, -0.25) is 9.59 Å². The summed E-state index contributed by atoms with van der Waals surface area (Å²) >= 11 is 0. The summed E-state index contributed by atoms with van der Waals surface area (Å²) in [6, 6.07) is 0. The second-order valence-corrected chi connectivity index (χ2v) is 6.97. The average Bonchev–Trinajstić information content (AvgIpc) is 2.56. The van der Waals surface area contributed by atoms with Crippen LogP contribution in [0.3, 0.4) is 0 Å². The molecule has 140 valence electrons. The fourth-order valence-electron chi connectivity index (χ4n) is 2.94. The molecular weight excluding hydrogens is 320 g/mol. The minimum atomic E-state index is -1.98. The summed E-state index contributed by atoms with van der Waals surface area (Å²) in [5, 5.41) is 20.0. The molecule has 1 aliphatic heterocycles. The smallest absolute Gasteiger partial charge is 0.316 e. The van der Waals surface area contributed by atoms with Crippen molar-refractivity contribution in [3.05, 3.63) is 36.0 Å². The molecule has 0 bridgehead atoms. The molecular formula is C20H30O5. The third-order valence-electron chi connectivity index (χ3n) is 4.54. The van der Waals surface area contributed by atoms with Gasteiger partial charge in [-0.1, -0.05) is 44.2 Å². The number of hydrogen-bond acceptors (Lipinski definition) is 5. The van der Waals surface area contributed by atoms with Crippen molar-refractivity contribution in [1.29, 1.82) is 0 Å². The highest BCUT2D eigenvalue weighted by atomic mass is 16.5. The van der Waals surface area contributed by atoms with Gasteiger partial charge in [0, 0.05) is 6.42 Å². The number of aliphatic hydroxyl groups is 2. The molecule has 0 amide bonds. The number of rotatable bonds is 2. The summed E-state index contributed by atoms with van der Waals surface area (Å²) in [5.74, 6) is -2.42. The van der Waals surface area contributed by atoms with Gasteiger partial charge in [0.05, 0.1) is 6.61 Å². The Kier molecular flexibility index (Phi) is 7.77. The topological polar surface area (TPSA) is 83.8 Å². The molecule has 2 N–H and O–H groups in total. The maximum Gasteiger partial charge on any atom is 0.316 e. The first-order chi connectivity index (χ1) is 11.6. The Morgan fingerprint density at radius 2 is 2.00 bits per heavy atom. The van der Waals surface area contributed by atoms with E-state index in [0.29, 0.717) is 12.8 Å². The van der Waals surface area contributed by atoms with Gasteiger partial charge in [-0.25, -0.2) is 0 Å². The van der Waals surface area contributed by atoms with Gasteiger partial charge in [-0.15, -0.1) is 0 Å². The van der Waals surface area contributed by atoms with Gasteiger partial charge in [0.15, 0.2) is 5.78 Å². The minimum absolute atomic E-state index is 0.0527. The number of hydrogen-bond donors (Lipinski definition) is 2. The largest absolute Gasteiger partial charge is 0.457 e. The molecule has 0 aromatic rings. The van der Waals surface area contributed by atoms with Gasteiger partial charge in [0.1, 0.15) is 17.6 Å². The molecule has 5 nitrogen and oxygen atoms in total. The molecule has 0 radical (unpaired) electrons. The predicted octanol–water partition coefficient (Wildman–Crippen LogP) is 2.73. The molecule has 0 spiro atoms. The van der Waals surface area contributed by atoms with Crippen LogP contribution >= 0.6 is 0 Å². The maximum atomic E-state index is 12.5. The molecule has 4 atom stereocenters. The summed E-state index contributed by atoms with van der Waals surface area (Å²) in [6.45, 7) is 10.5. The van der Waals surface area contributed by atoms with Crippen LogP contribution in [0.5, 0.6) is 0 Å². The Morgan fingerprint density at radius 1 is 1.36 bits per heavy atom. The Morgan fingerprint density at radius 3 is 2.56 bits per heavy atom. The van der Waals surface area contributed by atoms with Crippen LogP contribution in [0.4, 0.5) is 0 Å². The molecule has 0 unspecified atom stereocenters. The predicted molar refractivity (Wildman–Crippen MR) is 96.8 cm³/mol. The molecule has 0 aliphatic carbocycles. The van der Waals surface area contributed by atoms with Crippen molar-refractivity contribution < 1.29 is 24.5 Å². The summed E-state index contributed by atoms with van der Waals surface area (Å²) in [4.78, 5) is 24.9. The summed E-state index contributed by atoms with van der Waals surface area (Å²) in [5.41, 5.74) is -0.198. The van der Waals surface area contributed by atoms with Crippen LogP contribution in [-0.2, 0) is 14.3 Å². The molecule has 5 heteroatoms. The molecule has 1 aliphatic rings. The Bertz CT molecular complexity index is 575. The summed E-state index contributed by atoms with van der Waals surface area (Å²) < 4.78 is 5.47. The van der Waals surface area contributed by atoms with Crippen molar-refractivity contribution in [2.75, 3.05) is 6.61 Å². The summed E-state index contributed by atoms with van der Waals surface area (Å²) in [7, 11) is 0. The van der Waals surface area contributed by atoms with Crippen molar-refractivity contribution in [1.82, 2.24) is 0 Å². The summed E-state index contributed by atoms with van der Waals surface area (Å²) in [6.07, 6.45) is 6.25. The van der Waals surface area contributed by atoms with Crippen molar-refractivity contribution in [3.8, 4) is 0 Å². The van der Waals surface area contributed by atoms with Gasteiger partial charge >= 0.3 is 5.97 Å². The van der Waals surface area contributed by atoms with Crippen LogP contribution in [0, 0.1) is 11.8 Å². The van der Waals surface area contributed by atoms with E-state index in [1.54, 1.807) is 6.08 Å². The second-order valence-electron chi connectivity index (χ2n) is 6.97. The molecule has 0 saturated heterocycles. The van der Waals surface area contributed by atoms with Gasteiger partial charge in [-0.05, 0) is 38.2 Å². The van der Waals surface area contributed by atoms with E-state index in [1.165, 1.54) is 6.92 Å². The third kappa shape index (κ3) is 5.65. The molecule has 0 aromatic carbocycles. The quantitative estimate of drug-likeness (QED) is 0.454. The van der Waals surface area contributed by atoms with Gasteiger partial charge < -0.3 is 14.9 Å². The lowest BCUT2D eigenvalue weighted by Gasteiger charge is -2.27. The molecule has 25 heavy (non-hydrogen) atoms. The normalized spacial score (nSPS) is 36.2. The van der Waals surface area contributed by atoms with Crippen molar-refractivity contribution in [2.45, 2.75) is 58.7 Å². The number of esters is 1. The fraction of sp³-hybridized carbons (Fsp3) is 0.600. The highest BCUT2D eigenvalue weighted by molar-refractivity contribution is 6.03. The zero-order valence-electron chi connectivity index (χ0n) is 15.6. The lowest BCUT2D eigenvalue weighted by molar-refractivity contribution is -0.161. The fourth-order valence-corrected chi connectivity index (χ4v) is 2.94. The monoisotopic (exact) mass is 350 g/mol. The number of Topliss-reactive ketones (excluding diaryl/α,β-unsaturated/α-hetero) is 1. The maximum absolute atomic E-state index is 12.5. The molecule has 1 rings (SSSR count). The van der Waals surface area contributed by atoms with Crippen LogP contribution in [-0.4, -0.2) is 40.3 Å². The third-order valence-corrected chi connectivity index (χ3v) is 4.54. The van der Waals surface area contributed by atoms with Crippen LogP contribution in [0.2, 0.25) is 0 Å². The highest BCUT2D eigenvalue weighted by Crippen LogP contribution is 2.23. The number of ketones is 1. The lowest BCUT2D eigenvalue weighted by Crippen LogP contribution is -2.47. The minimum Gasteiger partial charge on any atom is -0.457 e. The Labute approximate surface area is 150 Å². The van der Waals surface area contributed by atoms with Crippen LogP contribution in [0.15, 0.2) is 36.0 Å². The Hall–Kier alpha value is -1.72. The molecule has 0 saturated carbocycles. The van der Waals surface area contributed by atoms with E-state index in [9.17, 15) is 19.8 Å². The highest BCUT2D eigenvalue weighted by Gasteiger charge is 2.41. The van der Waals surface area contributed by atoms with E-state index in [4.69, 9.17) is 4.74 Å². The van der Waals surface area contributed by atoms with Crippen molar-refractivity contribution in [3.63, 3.8) is 0 Å². The number of carbonyl (C=O) groups excluding carboxylic acids is 2. The SMILES string of the molecule is C=C1/C=C(\C)[C@H](CC)OC(=O)[C@H](C)C(=O)[C@@](O)(CO)C/C=C/[C@@H](C)C1. The van der Waals surface area contributed by atoms with E-state index >= 15 is 0 Å². The van der Waals surface area contributed by atoms with Crippen LogP contribution in [0.1, 0.15) is 47.0 Å². The molecule has 1 heterocycles.